The van der Waals surface area contributed by atoms with Crippen LogP contribution in [-0.2, 0) is 11.3 Å². The van der Waals surface area contributed by atoms with E-state index in [1.54, 1.807) is 6.26 Å². The van der Waals surface area contributed by atoms with Gasteiger partial charge in [0.05, 0.1) is 17.6 Å². The Bertz CT molecular complexity index is 1150. The van der Waals surface area contributed by atoms with Crippen LogP contribution in [0.15, 0.2) is 50.7 Å². The van der Waals surface area contributed by atoms with E-state index in [0.717, 1.165) is 53.9 Å². The van der Waals surface area contributed by atoms with Gasteiger partial charge in [0.15, 0.2) is 0 Å². The van der Waals surface area contributed by atoms with Crippen LogP contribution >= 0.6 is 23.4 Å². The van der Waals surface area contributed by atoms with Gasteiger partial charge >= 0.3 is 0 Å². The topological polar surface area (TPSA) is 72.4 Å². The fraction of sp³-hybridized carbons (Fsp3) is 0.500. The van der Waals surface area contributed by atoms with Crippen molar-refractivity contribution in [2.45, 2.75) is 62.8 Å². The highest BCUT2D eigenvalue weighted by Gasteiger charge is 2.54. The van der Waals surface area contributed by atoms with Crippen molar-refractivity contribution in [3.05, 3.63) is 52.9 Å². The zero-order valence-electron chi connectivity index (χ0n) is 19.2. The summed E-state index contributed by atoms with van der Waals surface area (Å²) in [5, 5.41) is 9.41. The molecule has 1 aromatic carbocycles. The van der Waals surface area contributed by atoms with E-state index in [1.807, 2.05) is 37.3 Å². The van der Waals surface area contributed by atoms with E-state index in [4.69, 9.17) is 20.4 Å². The maximum atomic E-state index is 13.8. The minimum absolute atomic E-state index is 0.0278. The number of thioether (sulfide) groups is 1. The highest BCUT2D eigenvalue weighted by atomic mass is 35.5. The van der Waals surface area contributed by atoms with Crippen LogP contribution in [0.25, 0.3) is 11.5 Å². The molecule has 4 aliphatic carbocycles. The fourth-order valence-electron chi connectivity index (χ4n) is 6.87. The molecule has 1 amide bonds. The second kappa shape index (κ2) is 8.76. The first-order chi connectivity index (χ1) is 16.5. The molecule has 0 spiro atoms. The van der Waals surface area contributed by atoms with Crippen LogP contribution in [0.2, 0.25) is 5.02 Å². The number of hydrogen-bond acceptors (Lipinski definition) is 6. The van der Waals surface area contributed by atoms with Gasteiger partial charge in [-0.15, -0.1) is 10.2 Å². The van der Waals surface area contributed by atoms with Gasteiger partial charge in [-0.05, 0) is 87.0 Å². The maximum absolute atomic E-state index is 13.8. The monoisotopic (exact) mass is 497 g/mol. The Balaban J connectivity index is 1.22. The first-order valence-electron chi connectivity index (χ1n) is 12.0. The molecular formula is C26H28ClN3O3S. The Labute approximate surface area is 208 Å². The summed E-state index contributed by atoms with van der Waals surface area (Å²) in [6.45, 7) is 2.47. The molecule has 4 fully saturated rings. The lowest BCUT2D eigenvalue weighted by molar-refractivity contribution is -0.149. The summed E-state index contributed by atoms with van der Waals surface area (Å²) in [5.41, 5.74) is 1.87. The van der Waals surface area contributed by atoms with E-state index >= 15 is 0 Å². The molecule has 0 radical (unpaired) electrons. The van der Waals surface area contributed by atoms with Gasteiger partial charge < -0.3 is 13.7 Å². The third-order valence-corrected chi connectivity index (χ3v) is 9.00. The van der Waals surface area contributed by atoms with Crippen LogP contribution in [0, 0.1) is 24.7 Å². The minimum atomic E-state index is -0.0278. The number of aryl methyl sites for hydroxylation is 1. The molecule has 3 aromatic rings. The molecule has 6 nitrogen and oxygen atoms in total. The number of rotatable bonds is 7. The third-order valence-electron chi connectivity index (χ3n) is 7.95. The Kier molecular flexibility index (Phi) is 5.72. The molecule has 0 atom stereocenters. The van der Waals surface area contributed by atoms with Crippen molar-refractivity contribution in [2.24, 2.45) is 17.8 Å². The Hall–Kier alpha value is -2.25. The molecule has 34 heavy (non-hydrogen) atoms. The van der Waals surface area contributed by atoms with Gasteiger partial charge in [-0.1, -0.05) is 35.5 Å². The lowest BCUT2D eigenvalue weighted by Crippen LogP contribution is -2.61. The molecule has 0 N–H and O–H groups in total. The van der Waals surface area contributed by atoms with Gasteiger partial charge in [0, 0.05) is 17.1 Å². The number of halogens is 1. The van der Waals surface area contributed by atoms with Gasteiger partial charge in [0.25, 0.3) is 11.1 Å². The van der Waals surface area contributed by atoms with Crippen LogP contribution in [0.1, 0.15) is 49.8 Å². The average molecular weight is 498 g/mol. The van der Waals surface area contributed by atoms with Gasteiger partial charge in [0.1, 0.15) is 5.76 Å². The van der Waals surface area contributed by atoms with Crippen LogP contribution in [0.5, 0.6) is 0 Å². The number of nitrogens with zero attached hydrogens (tertiary/aromatic N) is 3. The van der Waals surface area contributed by atoms with Gasteiger partial charge in [-0.25, -0.2) is 0 Å². The molecule has 0 unspecified atom stereocenters. The van der Waals surface area contributed by atoms with Crippen molar-refractivity contribution in [2.75, 3.05) is 5.75 Å². The summed E-state index contributed by atoms with van der Waals surface area (Å²) in [5.74, 6) is 3.85. The molecule has 2 heterocycles. The molecule has 8 heteroatoms. The van der Waals surface area contributed by atoms with E-state index in [0.29, 0.717) is 22.7 Å². The summed E-state index contributed by atoms with van der Waals surface area (Å²) in [6.07, 6.45) is 9.03. The van der Waals surface area contributed by atoms with Crippen LogP contribution in [-0.4, -0.2) is 32.3 Å². The number of aromatic nitrogens is 2. The van der Waals surface area contributed by atoms with Crippen molar-refractivity contribution in [3.8, 4) is 11.5 Å². The van der Waals surface area contributed by atoms with E-state index < -0.39 is 0 Å². The first-order valence-corrected chi connectivity index (χ1v) is 13.4. The Morgan fingerprint density at radius 1 is 1.09 bits per heavy atom. The fourth-order valence-corrected chi connectivity index (χ4v) is 7.64. The lowest BCUT2D eigenvalue weighted by Gasteiger charge is -2.60. The second-order valence-electron chi connectivity index (χ2n) is 10.3. The van der Waals surface area contributed by atoms with Crippen LogP contribution in [0.3, 0.4) is 0 Å². The highest BCUT2D eigenvalue weighted by molar-refractivity contribution is 7.99. The number of hydrogen-bond donors (Lipinski definition) is 0. The molecule has 178 valence electrons. The predicted molar refractivity (Wildman–Crippen MR) is 130 cm³/mol. The molecule has 4 bridgehead atoms. The zero-order chi connectivity index (χ0) is 23.3. The first kappa shape index (κ1) is 22.2. The highest BCUT2D eigenvalue weighted by Crippen LogP contribution is 2.58. The van der Waals surface area contributed by atoms with Gasteiger partial charge in [-0.2, -0.15) is 0 Å². The normalized spacial score (nSPS) is 27.3. The summed E-state index contributed by atoms with van der Waals surface area (Å²) in [4.78, 5) is 16.0. The van der Waals surface area contributed by atoms with E-state index in [1.165, 1.54) is 31.0 Å². The van der Waals surface area contributed by atoms with Crippen LogP contribution in [0.4, 0.5) is 0 Å². The van der Waals surface area contributed by atoms with Crippen molar-refractivity contribution in [3.63, 3.8) is 0 Å². The predicted octanol–water partition coefficient (Wildman–Crippen LogP) is 6.38. The quantitative estimate of drug-likeness (QED) is 0.352. The molecular weight excluding hydrogens is 470 g/mol. The number of furan rings is 1. The number of carbonyl (C=O) groups is 1. The summed E-state index contributed by atoms with van der Waals surface area (Å²) in [7, 11) is 0. The number of amides is 1. The van der Waals surface area contributed by atoms with Gasteiger partial charge in [-0.3, -0.25) is 4.79 Å². The summed E-state index contributed by atoms with van der Waals surface area (Å²) >= 11 is 7.44. The minimum Gasteiger partial charge on any atom is -0.469 e. The SMILES string of the molecule is Cc1occc1-c1nnc(SCC(=O)N(Cc2ccc(Cl)cc2)C23CC4CC(CC(C4)C2)C3)o1. The van der Waals surface area contributed by atoms with Crippen molar-refractivity contribution in [1.29, 1.82) is 0 Å². The van der Waals surface area contributed by atoms with E-state index in [2.05, 4.69) is 15.1 Å². The number of benzene rings is 1. The summed E-state index contributed by atoms with van der Waals surface area (Å²) < 4.78 is 11.2. The Morgan fingerprint density at radius 2 is 1.76 bits per heavy atom. The summed E-state index contributed by atoms with van der Waals surface area (Å²) in [6, 6.07) is 9.70. The van der Waals surface area contributed by atoms with Crippen molar-refractivity contribution < 1.29 is 13.6 Å². The van der Waals surface area contributed by atoms with E-state index in [9.17, 15) is 4.79 Å². The molecule has 0 aliphatic heterocycles. The second-order valence-corrected chi connectivity index (χ2v) is 11.7. The van der Waals surface area contributed by atoms with E-state index in [-0.39, 0.29) is 17.2 Å². The Morgan fingerprint density at radius 3 is 2.38 bits per heavy atom. The third kappa shape index (κ3) is 4.17. The molecule has 7 rings (SSSR count). The zero-order valence-corrected chi connectivity index (χ0v) is 20.8. The largest absolute Gasteiger partial charge is 0.469 e. The smallest absolute Gasteiger partial charge is 0.277 e. The lowest BCUT2D eigenvalue weighted by atomic mass is 9.52. The van der Waals surface area contributed by atoms with Crippen LogP contribution < -0.4 is 0 Å². The molecule has 4 saturated carbocycles. The van der Waals surface area contributed by atoms with Gasteiger partial charge in [0.2, 0.25) is 5.91 Å². The van der Waals surface area contributed by atoms with Crippen molar-refractivity contribution in [1.82, 2.24) is 15.1 Å². The molecule has 4 aliphatic rings. The average Bonchev–Trinajstić information content (AvgIpc) is 3.44. The molecule has 0 saturated heterocycles. The van der Waals surface area contributed by atoms with Crippen molar-refractivity contribution >= 4 is 29.3 Å². The standard InChI is InChI=1S/C26H28ClN3O3S/c1-16-22(6-7-32-16)24-28-29-25(33-24)34-15-23(31)30(14-17-2-4-21(27)5-3-17)26-11-18-8-19(12-26)10-20(9-18)13-26/h2-7,18-20H,8-15H2,1H3. The number of carbonyl (C=O) groups excluding carboxylic acids is 1. The molecule has 2 aromatic heterocycles. The maximum Gasteiger partial charge on any atom is 0.277 e.